The van der Waals surface area contributed by atoms with Gasteiger partial charge in [0.25, 0.3) is 0 Å². The molecule has 0 radical (unpaired) electrons. The first-order chi connectivity index (χ1) is 5.12. The molecule has 4 unspecified atom stereocenters. The summed E-state index contributed by atoms with van der Waals surface area (Å²) in [7, 11) is 0. The molecule has 1 heteroatoms. The van der Waals surface area contributed by atoms with Crippen molar-refractivity contribution in [3.63, 3.8) is 0 Å². The van der Waals surface area contributed by atoms with Crippen LogP contribution in [0.2, 0.25) is 0 Å². The lowest BCUT2D eigenvalue weighted by molar-refractivity contribution is -0.150. The standard InChI is InChI=1S/C10H14O/c1-10(2)7-4-8(10)9(11)6-3-5(6)7/h5-8H,3-4H2,1-2H3. The normalized spacial score (nSPS) is 56.4. The molecule has 0 aromatic rings. The van der Waals surface area contributed by atoms with Crippen molar-refractivity contribution < 1.29 is 4.79 Å². The number of rotatable bonds is 0. The van der Waals surface area contributed by atoms with Crippen LogP contribution >= 0.6 is 0 Å². The van der Waals surface area contributed by atoms with Gasteiger partial charge in [0.05, 0.1) is 0 Å². The van der Waals surface area contributed by atoms with E-state index in [1.807, 2.05) is 0 Å². The predicted octanol–water partition coefficient (Wildman–Crippen LogP) is 1.87. The summed E-state index contributed by atoms with van der Waals surface area (Å²) in [6.45, 7) is 4.55. The Labute approximate surface area is 67.2 Å². The van der Waals surface area contributed by atoms with E-state index in [0.29, 0.717) is 23.0 Å². The molecule has 60 valence electrons. The van der Waals surface area contributed by atoms with Gasteiger partial charge in [-0.25, -0.2) is 0 Å². The summed E-state index contributed by atoms with van der Waals surface area (Å²) in [6, 6.07) is 0. The number of hydrogen-bond acceptors (Lipinski definition) is 1. The molecule has 0 spiro atoms. The fraction of sp³-hybridized carbons (Fsp3) is 0.900. The molecule has 4 saturated carbocycles. The molecule has 4 atom stereocenters. The quantitative estimate of drug-likeness (QED) is 0.515. The Morgan fingerprint density at radius 3 is 2.64 bits per heavy atom. The van der Waals surface area contributed by atoms with Crippen molar-refractivity contribution in [3.05, 3.63) is 0 Å². The Bertz CT molecular complexity index is 241. The fourth-order valence-corrected chi connectivity index (χ4v) is 3.41. The zero-order chi connectivity index (χ0) is 7.80. The van der Waals surface area contributed by atoms with Crippen LogP contribution in [0.4, 0.5) is 0 Å². The summed E-state index contributed by atoms with van der Waals surface area (Å²) < 4.78 is 0. The minimum Gasteiger partial charge on any atom is -0.299 e. The highest BCUT2D eigenvalue weighted by molar-refractivity contribution is 5.89. The van der Waals surface area contributed by atoms with Gasteiger partial charge in [-0.15, -0.1) is 0 Å². The number of hydrogen-bond donors (Lipinski definition) is 0. The maximum Gasteiger partial charge on any atom is 0.139 e. The Balaban J connectivity index is 2.02. The van der Waals surface area contributed by atoms with Crippen LogP contribution in [0.25, 0.3) is 0 Å². The second-order valence-electron chi connectivity index (χ2n) is 5.12. The molecular formula is C10H14O. The lowest BCUT2D eigenvalue weighted by atomic mass is 9.48. The van der Waals surface area contributed by atoms with E-state index in [9.17, 15) is 4.79 Å². The van der Waals surface area contributed by atoms with E-state index in [2.05, 4.69) is 13.8 Å². The molecule has 0 aromatic heterocycles. The van der Waals surface area contributed by atoms with Gasteiger partial charge < -0.3 is 0 Å². The Morgan fingerprint density at radius 1 is 1.36 bits per heavy atom. The van der Waals surface area contributed by atoms with Crippen LogP contribution in [-0.2, 0) is 4.79 Å². The van der Waals surface area contributed by atoms with E-state index in [-0.39, 0.29) is 0 Å². The number of carbonyl (C=O) groups is 1. The van der Waals surface area contributed by atoms with Gasteiger partial charge in [0.2, 0.25) is 0 Å². The van der Waals surface area contributed by atoms with Gasteiger partial charge in [0, 0.05) is 11.8 Å². The largest absolute Gasteiger partial charge is 0.299 e. The molecule has 0 saturated heterocycles. The lowest BCUT2D eigenvalue weighted by Crippen LogP contribution is -2.54. The van der Waals surface area contributed by atoms with Crippen molar-refractivity contribution in [2.75, 3.05) is 0 Å². The van der Waals surface area contributed by atoms with Crippen LogP contribution in [-0.4, -0.2) is 5.78 Å². The summed E-state index contributed by atoms with van der Waals surface area (Å²) >= 11 is 0. The van der Waals surface area contributed by atoms with E-state index in [1.165, 1.54) is 12.8 Å². The van der Waals surface area contributed by atoms with Crippen molar-refractivity contribution in [3.8, 4) is 0 Å². The van der Waals surface area contributed by atoms with E-state index < -0.39 is 0 Å². The molecule has 1 nitrogen and oxygen atoms in total. The lowest BCUT2D eigenvalue weighted by Gasteiger charge is -2.55. The van der Waals surface area contributed by atoms with Crippen molar-refractivity contribution >= 4 is 5.78 Å². The molecule has 4 fully saturated rings. The fourth-order valence-electron chi connectivity index (χ4n) is 3.41. The third kappa shape index (κ3) is 0.502. The summed E-state index contributed by atoms with van der Waals surface area (Å²) in [5, 5.41) is 0. The van der Waals surface area contributed by atoms with Gasteiger partial charge in [-0.3, -0.25) is 4.79 Å². The zero-order valence-corrected chi connectivity index (χ0v) is 7.13. The van der Waals surface area contributed by atoms with Gasteiger partial charge in [0.1, 0.15) is 5.78 Å². The van der Waals surface area contributed by atoms with Crippen LogP contribution in [0.1, 0.15) is 26.7 Å². The maximum absolute atomic E-state index is 11.6. The average molecular weight is 150 g/mol. The molecule has 0 aromatic carbocycles. The van der Waals surface area contributed by atoms with Crippen molar-refractivity contribution in [1.82, 2.24) is 0 Å². The highest BCUT2D eigenvalue weighted by atomic mass is 16.1. The summed E-state index contributed by atoms with van der Waals surface area (Å²) in [4.78, 5) is 11.6. The third-order valence-corrected chi connectivity index (χ3v) is 4.41. The minimum atomic E-state index is 0.370. The third-order valence-electron chi connectivity index (χ3n) is 4.41. The van der Waals surface area contributed by atoms with Crippen LogP contribution in [0.5, 0.6) is 0 Å². The van der Waals surface area contributed by atoms with Gasteiger partial charge in [-0.05, 0) is 30.1 Å². The summed E-state index contributed by atoms with van der Waals surface area (Å²) in [5.74, 6) is 3.27. The summed E-state index contributed by atoms with van der Waals surface area (Å²) in [6.07, 6.45) is 2.44. The number of Topliss-reactive ketones (excluding diaryl/α,β-unsaturated/α-hetero) is 1. The average Bonchev–Trinajstić information content (AvgIpc) is 2.65. The van der Waals surface area contributed by atoms with Crippen LogP contribution in [0.15, 0.2) is 0 Å². The maximum atomic E-state index is 11.6. The van der Waals surface area contributed by atoms with Crippen LogP contribution in [0.3, 0.4) is 0 Å². The van der Waals surface area contributed by atoms with E-state index in [0.717, 1.165) is 11.8 Å². The first kappa shape index (κ1) is 6.22. The zero-order valence-electron chi connectivity index (χ0n) is 7.13. The Kier molecular flexibility index (Phi) is 0.799. The SMILES string of the molecule is CC1(C)C2CC1C1CC1C2=O. The van der Waals surface area contributed by atoms with E-state index in [1.54, 1.807) is 0 Å². The van der Waals surface area contributed by atoms with E-state index >= 15 is 0 Å². The molecule has 0 N–H and O–H groups in total. The molecule has 0 amide bonds. The number of ketones is 1. The molecule has 11 heavy (non-hydrogen) atoms. The van der Waals surface area contributed by atoms with Gasteiger partial charge in [0.15, 0.2) is 0 Å². The van der Waals surface area contributed by atoms with Gasteiger partial charge in [-0.1, -0.05) is 13.8 Å². The van der Waals surface area contributed by atoms with Crippen LogP contribution in [0, 0.1) is 29.1 Å². The highest BCUT2D eigenvalue weighted by Crippen LogP contribution is 2.69. The first-order valence-electron chi connectivity index (χ1n) is 4.66. The summed E-state index contributed by atoms with van der Waals surface area (Å²) in [5.41, 5.74) is 0.370. The molecular weight excluding hydrogens is 136 g/mol. The first-order valence-corrected chi connectivity index (χ1v) is 4.66. The molecule has 0 aliphatic heterocycles. The van der Waals surface area contributed by atoms with Crippen molar-refractivity contribution in [2.24, 2.45) is 29.1 Å². The smallest absolute Gasteiger partial charge is 0.139 e. The second-order valence-corrected chi connectivity index (χ2v) is 5.12. The molecule has 0 heterocycles. The number of carbonyl (C=O) groups excluding carboxylic acids is 1. The molecule has 4 rings (SSSR count). The minimum absolute atomic E-state index is 0.370. The Morgan fingerprint density at radius 2 is 2.09 bits per heavy atom. The highest BCUT2D eigenvalue weighted by Gasteiger charge is 2.68. The topological polar surface area (TPSA) is 17.1 Å². The second kappa shape index (κ2) is 1.41. The predicted molar refractivity (Wildman–Crippen MR) is 42.0 cm³/mol. The van der Waals surface area contributed by atoms with Crippen LogP contribution < -0.4 is 0 Å². The van der Waals surface area contributed by atoms with Gasteiger partial charge in [-0.2, -0.15) is 0 Å². The van der Waals surface area contributed by atoms with Crippen molar-refractivity contribution in [2.45, 2.75) is 26.7 Å². The van der Waals surface area contributed by atoms with E-state index in [4.69, 9.17) is 0 Å². The van der Waals surface area contributed by atoms with Crippen molar-refractivity contribution in [1.29, 1.82) is 0 Å². The molecule has 4 aliphatic rings. The molecule has 2 bridgehead atoms. The Hall–Kier alpha value is -0.330. The molecule has 4 aliphatic carbocycles. The monoisotopic (exact) mass is 150 g/mol. The van der Waals surface area contributed by atoms with Gasteiger partial charge >= 0.3 is 0 Å².